The summed E-state index contributed by atoms with van der Waals surface area (Å²) < 4.78 is 5.98. The third-order valence-corrected chi connectivity index (χ3v) is 9.74. The van der Waals surface area contributed by atoms with E-state index < -0.39 is 0 Å². The minimum Gasteiger partial charge on any atom is -0.491 e. The monoisotopic (exact) mass is 678 g/mol. The van der Waals surface area contributed by atoms with E-state index in [1.165, 1.54) is 55.9 Å². The van der Waals surface area contributed by atoms with Gasteiger partial charge in [0.2, 0.25) is 0 Å². The molecule has 6 aromatic rings. The maximum Gasteiger partial charge on any atom is 0.119 e. The molecule has 1 aliphatic rings. The summed E-state index contributed by atoms with van der Waals surface area (Å²) in [5, 5.41) is 3.56. The lowest BCUT2D eigenvalue weighted by Crippen LogP contribution is -2.13. The maximum absolute atomic E-state index is 5.98. The Hall–Kier alpha value is -6.06. The van der Waals surface area contributed by atoms with Crippen molar-refractivity contribution in [3.05, 3.63) is 187 Å². The molecule has 6 aromatic carbocycles. The fourth-order valence-electron chi connectivity index (χ4n) is 6.84. The summed E-state index contributed by atoms with van der Waals surface area (Å²) in [7, 11) is 0. The maximum atomic E-state index is 5.98. The number of hydrogen-bond acceptors (Lipinski definition) is 3. The molecule has 0 saturated carbocycles. The van der Waals surface area contributed by atoms with E-state index in [0.29, 0.717) is 0 Å². The van der Waals surface area contributed by atoms with E-state index in [1.807, 2.05) is 13.0 Å². The Morgan fingerprint density at radius 2 is 1.23 bits per heavy atom. The Bertz CT molecular complexity index is 2230. The molecule has 1 aliphatic heterocycles. The van der Waals surface area contributed by atoms with E-state index in [4.69, 9.17) is 4.74 Å². The smallest absolute Gasteiger partial charge is 0.119 e. The lowest BCUT2D eigenvalue weighted by atomic mass is 9.95. The van der Waals surface area contributed by atoms with Gasteiger partial charge in [-0.25, -0.2) is 0 Å². The van der Waals surface area contributed by atoms with Crippen molar-refractivity contribution in [2.24, 2.45) is 0 Å². The molecule has 0 spiro atoms. The van der Waals surface area contributed by atoms with Gasteiger partial charge in [-0.2, -0.15) is 0 Å². The predicted octanol–water partition coefficient (Wildman–Crippen LogP) is 13.8. The third-order valence-electron chi connectivity index (χ3n) is 9.74. The summed E-state index contributed by atoms with van der Waals surface area (Å²) >= 11 is 0. The van der Waals surface area contributed by atoms with Gasteiger partial charge in [0.05, 0.1) is 6.10 Å². The van der Waals surface area contributed by atoms with Gasteiger partial charge in [-0.3, -0.25) is 0 Å². The Labute approximate surface area is 309 Å². The highest BCUT2D eigenvalue weighted by Gasteiger charge is 2.32. The van der Waals surface area contributed by atoms with Gasteiger partial charge in [-0.15, -0.1) is 0 Å². The van der Waals surface area contributed by atoms with Crippen molar-refractivity contribution in [1.82, 2.24) is 0 Å². The molecule has 0 aliphatic carbocycles. The summed E-state index contributed by atoms with van der Waals surface area (Å²) in [6, 6.07) is 51.8. The van der Waals surface area contributed by atoms with Crippen molar-refractivity contribution >= 4 is 33.9 Å². The second kappa shape index (κ2) is 15.0. The van der Waals surface area contributed by atoms with Crippen LogP contribution in [-0.2, 0) is 0 Å². The number of nitrogens with zero attached hydrogens (tertiary/aromatic N) is 1. The highest BCUT2D eigenvalue weighted by molar-refractivity contribution is 5.82. The van der Waals surface area contributed by atoms with Crippen LogP contribution in [0.3, 0.4) is 0 Å². The zero-order chi connectivity index (χ0) is 36.2. The molecule has 3 nitrogen and oxygen atoms in total. The fraction of sp³-hybridized carbons (Fsp3) is 0.143. The molecule has 0 amide bonds. The first-order valence-electron chi connectivity index (χ1n) is 18.1. The second-order valence-electron chi connectivity index (χ2n) is 13.9. The van der Waals surface area contributed by atoms with Crippen LogP contribution in [-0.4, -0.2) is 6.10 Å². The summed E-state index contributed by atoms with van der Waals surface area (Å²) in [6.45, 7) is 14.7. The number of hydrogen-bond donors (Lipinski definition) is 1. The van der Waals surface area contributed by atoms with E-state index in [9.17, 15) is 0 Å². The normalized spacial score (nSPS) is 14.8. The van der Waals surface area contributed by atoms with Gasteiger partial charge in [0.25, 0.3) is 0 Å². The summed E-state index contributed by atoms with van der Waals surface area (Å²) in [4.78, 5) is 2.40. The first kappa shape index (κ1) is 34.4. The minimum atomic E-state index is 0.126. The number of ether oxygens (including phenoxy) is 1. The molecule has 0 bridgehead atoms. The number of allylic oxidation sites excluding steroid dienone is 5. The van der Waals surface area contributed by atoms with Crippen molar-refractivity contribution in [3.63, 3.8) is 0 Å². The van der Waals surface area contributed by atoms with Crippen molar-refractivity contribution in [2.45, 2.75) is 46.6 Å². The highest BCUT2D eigenvalue weighted by atomic mass is 16.5. The topological polar surface area (TPSA) is 24.5 Å². The highest BCUT2D eigenvalue weighted by Crippen LogP contribution is 2.49. The quantitative estimate of drug-likeness (QED) is 0.156. The van der Waals surface area contributed by atoms with E-state index in [1.54, 1.807) is 0 Å². The van der Waals surface area contributed by atoms with Crippen LogP contribution >= 0.6 is 0 Å². The average Bonchev–Trinajstić information content (AvgIpc) is 3.45. The Morgan fingerprint density at radius 1 is 0.673 bits per heavy atom. The Morgan fingerprint density at radius 3 is 1.83 bits per heavy atom. The van der Waals surface area contributed by atoms with Crippen LogP contribution in [0.25, 0.3) is 33.4 Å². The van der Waals surface area contributed by atoms with Crippen molar-refractivity contribution < 1.29 is 4.74 Å². The summed E-state index contributed by atoms with van der Waals surface area (Å²) in [6.07, 6.45) is 4.66. The molecular formula is C49H46N2O. The van der Waals surface area contributed by atoms with E-state index in [2.05, 4.69) is 196 Å². The van der Waals surface area contributed by atoms with Crippen molar-refractivity contribution in [3.8, 4) is 28.0 Å². The first-order valence-corrected chi connectivity index (χ1v) is 18.1. The Balaban J connectivity index is 1.16. The van der Waals surface area contributed by atoms with Crippen molar-refractivity contribution in [2.75, 3.05) is 10.2 Å². The molecule has 0 radical (unpaired) electrons. The third kappa shape index (κ3) is 7.50. The van der Waals surface area contributed by atoms with Gasteiger partial charge >= 0.3 is 0 Å². The number of nitrogens with one attached hydrogen (secondary N) is 1. The van der Waals surface area contributed by atoms with Crippen LogP contribution in [0.1, 0.15) is 57.2 Å². The van der Waals surface area contributed by atoms with Gasteiger partial charge in [-0.05, 0) is 139 Å². The number of rotatable bonds is 10. The van der Waals surface area contributed by atoms with E-state index in [0.717, 1.165) is 28.4 Å². The van der Waals surface area contributed by atoms with Gasteiger partial charge in [0.15, 0.2) is 0 Å². The van der Waals surface area contributed by atoms with Crippen molar-refractivity contribution in [1.29, 1.82) is 0 Å². The molecule has 0 fully saturated rings. The minimum absolute atomic E-state index is 0.126. The first-order chi connectivity index (χ1) is 25.2. The molecule has 0 aromatic heterocycles. The van der Waals surface area contributed by atoms with Gasteiger partial charge in [-0.1, -0.05) is 110 Å². The number of benzene rings is 6. The van der Waals surface area contributed by atoms with Crippen LogP contribution in [0.2, 0.25) is 0 Å². The standard InChI is InChI=1S/C49H46N2O/c1-33(2)37-13-15-38(16-14-37)35(5)12-30-48-36(6)47-32-42(21-31-49(47)51(48)45-26-28-46(29-27-45)52-34(3)4)41-19-24-44(25-20-41)50-43-22-17-40(18-23-43)39-10-8-7-9-11-39/h7-32,34,36,50H,1H2,2-6H3/b35-12+,48-30+. The molecule has 7 rings (SSSR count). The van der Waals surface area contributed by atoms with Gasteiger partial charge in [0.1, 0.15) is 5.75 Å². The lowest BCUT2D eigenvalue weighted by Gasteiger charge is -2.23. The number of fused-ring (bicyclic) bond motifs is 1. The lowest BCUT2D eigenvalue weighted by molar-refractivity contribution is 0.242. The molecule has 258 valence electrons. The second-order valence-corrected chi connectivity index (χ2v) is 13.9. The number of anilines is 4. The molecule has 1 N–H and O–H groups in total. The van der Waals surface area contributed by atoms with E-state index in [-0.39, 0.29) is 12.0 Å². The molecule has 52 heavy (non-hydrogen) atoms. The fourth-order valence-corrected chi connectivity index (χ4v) is 6.84. The van der Waals surface area contributed by atoms with Gasteiger partial charge < -0.3 is 15.0 Å². The zero-order valence-corrected chi connectivity index (χ0v) is 30.7. The Kier molecular flexibility index (Phi) is 9.95. The average molecular weight is 679 g/mol. The predicted molar refractivity (Wildman–Crippen MR) is 223 cm³/mol. The molecule has 0 saturated heterocycles. The molecule has 1 heterocycles. The van der Waals surface area contributed by atoms with E-state index >= 15 is 0 Å². The largest absolute Gasteiger partial charge is 0.491 e. The van der Waals surface area contributed by atoms with Crippen LogP contribution in [0.15, 0.2) is 170 Å². The zero-order valence-electron chi connectivity index (χ0n) is 30.7. The van der Waals surface area contributed by atoms with Gasteiger partial charge in [0, 0.05) is 34.4 Å². The van der Waals surface area contributed by atoms with Crippen LogP contribution in [0, 0.1) is 0 Å². The van der Waals surface area contributed by atoms with Crippen LogP contribution in [0.5, 0.6) is 5.75 Å². The molecule has 3 heteroatoms. The van der Waals surface area contributed by atoms with Crippen LogP contribution < -0.4 is 15.0 Å². The molecule has 1 atom stereocenters. The summed E-state index contributed by atoms with van der Waals surface area (Å²) in [5.41, 5.74) is 16.5. The molecular weight excluding hydrogens is 633 g/mol. The SMILES string of the molecule is C=C(C)c1ccc(/C(C)=C/C=C2\C(C)c3cc(-c4ccc(Nc5ccc(-c6ccccc6)cc5)cc4)ccc3N2c2ccc(OC(C)C)cc2)cc1. The summed E-state index contributed by atoms with van der Waals surface area (Å²) in [5.74, 6) is 1.07. The van der Waals surface area contributed by atoms with Crippen LogP contribution in [0.4, 0.5) is 22.7 Å². The molecule has 1 unspecified atom stereocenters.